The van der Waals surface area contributed by atoms with Gasteiger partial charge in [-0.15, -0.1) is 0 Å². The quantitative estimate of drug-likeness (QED) is 0.308. The second-order valence-electron chi connectivity index (χ2n) is 2.02. The largest absolute Gasteiger partial charge is 0.283 e. The standard InChI is InChI=1S/C5H4BFN2O2/c6-5-4(9(10)11)1-3(7)2-8-5/h1-2H,6H2. The number of pyridine rings is 1. The lowest BCUT2D eigenvalue weighted by atomic mass is 10.0. The molecule has 1 rings (SSSR count). The van der Waals surface area contributed by atoms with Crippen molar-refractivity contribution in [3.63, 3.8) is 0 Å². The lowest BCUT2D eigenvalue weighted by molar-refractivity contribution is -0.384. The molecule has 0 aliphatic rings. The number of hydrogen-bond donors (Lipinski definition) is 0. The van der Waals surface area contributed by atoms with Crippen LogP contribution in [0.2, 0.25) is 0 Å². The molecule has 0 atom stereocenters. The minimum atomic E-state index is -0.692. The maximum Gasteiger partial charge on any atom is 0.283 e. The second kappa shape index (κ2) is 2.65. The van der Waals surface area contributed by atoms with Crippen LogP contribution in [0.25, 0.3) is 0 Å². The summed E-state index contributed by atoms with van der Waals surface area (Å²) in [6, 6.07) is 0.850. The highest BCUT2D eigenvalue weighted by Crippen LogP contribution is 2.05. The molecular weight excluding hydrogens is 150 g/mol. The fourth-order valence-corrected chi connectivity index (χ4v) is 0.682. The lowest BCUT2D eigenvalue weighted by Crippen LogP contribution is -2.13. The molecule has 0 aliphatic heterocycles. The van der Waals surface area contributed by atoms with Gasteiger partial charge in [0.1, 0.15) is 5.82 Å². The summed E-state index contributed by atoms with van der Waals surface area (Å²) in [6.07, 6.45) is 0.947. The Balaban J connectivity index is 3.23. The third kappa shape index (κ3) is 1.51. The molecule has 0 saturated carbocycles. The highest BCUT2D eigenvalue weighted by molar-refractivity contribution is 6.33. The molecule has 56 valence electrons. The molecule has 0 amide bonds. The topological polar surface area (TPSA) is 56.0 Å². The SMILES string of the molecule is Bc1ncc(F)cc1[N+](=O)[O-]. The monoisotopic (exact) mass is 154 g/mol. The van der Waals surface area contributed by atoms with Gasteiger partial charge in [-0.1, -0.05) is 0 Å². The van der Waals surface area contributed by atoms with E-state index >= 15 is 0 Å². The second-order valence-corrected chi connectivity index (χ2v) is 2.02. The van der Waals surface area contributed by atoms with E-state index in [4.69, 9.17) is 0 Å². The Bertz CT molecular complexity index is 305. The van der Waals surface area contributed by atoms with E-state index < -0.39 is 10.7 Å². The summed E-state index contributed by atoms with van der Waals surface area (Å²) >= 11 is 0. The first-order valence-corrected chi connectivity index (χ1v) is 2.88. The normalized spacial score (nSPS) is 9.55. The lowest BCUT2D eigenvalue weighted by Gasteiger charge is -1.94. The maximum absolute atomic E-state index is 12.3. The zero-order valence-corrected chi connectivity index (χ0v) is 5.74. The molecule has 0 saturated heterocycles. The van der Waals surface area contributed by atoms with Gasteiger partial charge in [-0.3, -0.25) is 15.1 Å². The average molecular weight is 154 g/mol. The molecule has 4 nitrogen and oxygen atoms in total. The zero-order chi connectivity index (χ0) is 8.43. The van der Waals surface area contributed by atoms with Crippen molar-refractivity contribution in [1.82, 2.24) is 4.98 Å². The first-order chi connectivity index (χ1) is 5.11. The van der Waals surface area contributed by atoms with E-state index in [1.807, 2.05) is 0 Å². The van der Waals surface area contributed by atoms with Gasteiger partial charge in [0.05, 0.1) is 22.8 Å². The van der Waals surface area contributed by atoms with E-state index in [2.05, 4.69) is 4.98 Å². The Morgan fingerprint density at radius 3 is 2.82 bits per heavy atom. The van der Waals surface area contributed by atoms with Crippen LogP contribution in [0.15, 0.2) is 12.3 Å². The molecule has 1 heterocycles. The molecule has 6 heteroatoms. The Labute approximate surface area is 62.6 Å². The van der Waals surface area contributed by atoms with Gasteiger partial charge < -0.3 is 0 Å². The Hall–Kier alpha value is -1.46. The van der Waals surface area contributed by atoms with Crippen molar-refractivity contribution in [2.24, 2.45) is 0 Å². The van der Waals surface area contributed by atoms with Crippen LogP contribution in [0.5, 0.6) is 0 Å². The van der Waals surface area contributed by atoms with Crippen molar-refractivity contribution in [2.75, 3.05) is 0 Å². The third-order valence-electron chi connectivity index (χ3n) is 1.22. The van der Waals surface area contributed by atoms with Crippen LogP contribution in [-0.2, 0) is 0 Å². The molecule has 0 bridgehead atoms. The molecule has 0 aromatic carbocycles. The van der Waals surface area contributed by atoms with Gasteiger partial charge >= 0.3 is 0 Å². The Kier molecular flexibility index (Phi) is 1.84. The minimum absolute atomic E-state index is 0.219. The van der Waals surface area contributed by atoms with Crippen LogP contribution in [0.1, 0.15) is 0 Å². The Morgan fingerprint density at radius 1 is 1.73 bits per heavy atom. The van der Waals surface area contributed by atoms with Crippen LogP contribution >= 0.6 is 0 Å². The van der Waals surface area contributed by atoms with E-state index in [9.17, 15) is 14.5 Å². The van der Waals surface area contributed by atoms with E-state index in [1.54, 1.807) is 0 Å². The van der Waals surface area contributed by atoms with Gasteiger partial charge in [-0.25, -0.2) is 4.39 Å². The summed E-state index contributed by atoms with van der Waals surface area (Å²) in [6.45, 7) is 0. The first kappa shape index (κ1) is 7.65. The van der Waals surface area contributed by atoms with E-state index in [1.165, 1.54) is 7.85 Å². The van der Waals surface area contributed by atoms with Crippen molar-refractivity contribution in [1.29, 1.82) is 0 Å². The minimum Gasteiger partial charge on any atom is -0.262 e. The fourth-order valence-electron chi connectivity index (χ4n) is 0.682. The van der Waals surface area contributed by atoms with Crippen molar-refractivity contribution in [3.8, 4) is 0 Å². The van der Waals surface area contributed by atoms with Gasteiger partial charge in [-0.05, 0) is 0 Å². The predicted octanol–water partition coefficient (Wildman–Crippen LogP) is -0.613. The first-order valence-electron chi connectivity index (χ1n) is 2.88. The smallest absolute Gasteiger partial charge is 0.262 e. The van der Waals surface area contributed by atoms with Crippen molar-refractivity contribution < 1.29 is 9.31 Å². The van der Waals surface area contributed by atoms with Crippen LogP contribution in [0.3, 0.4) is 0 Å². The van der Waals surface area contributed by atoms with Crippen molar-refractivity contribution >= 4 is 19.1 Å². The number of nitro groups is 1. The average Bonchev–Trinajstić information content (AvgIpc) is 1.94. The van der Waals surface area contributed by atoms with Crippen LogP contribution < -0.4 is 5.59 Å². The number of aromatic nitrogens is 1. The van der Waals surface area contributed by atoms with Crippen LogP contribution in [-0.4, -0.2) is 17.8 Å². The highest BCUT2D eigenvalue weighted by Gasteiger charge is 2.11. The summed E-state index contributed by atoms with van der Waals surface area (Å²) < 4.78 is 12.3. The summed E-state index contributed by atoms with van der Waals surface area (Å²) in [5, 5.41) is 10.2. The summed E-state index contributed by atoms with van der Waals surface area (Å²) in [5.74, 6) is -0.692. The summed E-state index contributed by atoms with van der Waals surface area (Å²) in [7, 11) is 1.46. The number of hydrogen-bond acceptors (Lipinski definition) is 3. The van der Waals surface area contributed by atoms with E-state index in [-0.39, 0.29) is 11.3 Å². The molecule has 0 fully saturated rings. The molecule has 0 N–H and O–H groups in total. The third-order valence-corrected chi connectivity index (χ3v) is 1.22. The molecule has 0 unspecified atom stereocenters. The Morgan fingerprint density at radius 2 is 2.36 bits per heavy atom. The highest BCUT2D eigenvalue weighted by atomic mass is 19.1. The molecular formula is C5H4BFN2O2. The summed E-state index contributed by atoms with van der Waals surface area (Å²) in [5.41, 5.74) is -0.0681. The van der Waals surface area contributed by atoms with Gasteiger partial charge in [0.2, 0.25) is 0 Å². The van der Waals surface area contributed by atoms with Crippen molar-refractivity contribution in [3.05, 3.63) is 28.2 Å². The van der Waals surface area contributed by atoms with Crippen LogP contribution in [0.4, 0.5) is 10.1 Å². The molecule has 0 aliphatic carbocycles. The number of rotatable bonds is 1. The molecule has 0 radical (unpaired) electrons. The fraction of sp³-hybridized carbons (Fsp3) is 0. The molecule has 0 spiro atoms. The zero-order valence-electron chi connectivity index (χ0n) is 5.74. The van der Waals surface area contributed by atoms with Gasteiger partial charge in [-0.2, -0.15) is 0 Å². The van der Waals surface area contributed by atoms with Crippen LogP contribution in [0, 0.1) is 15.9 Å². The molecule has 1 aromatic heterocycles. The number of halogens is 1. The predicted molar refractivity (Wildman–Crippen MR) is 39.0 cm³/mol. The molecule has 11 heavy (non-hydrogen) atoms. The maximum atomic E-state index is 12.3. The summed E-state index contributed by atoms with van der Waals surface area (Å²) in [4.78, 5) is 13.0. The van der Waals surface area contributed by atoms with Gasteiger partial charge in [0.25, 0.3) is 5.69 Å². The van der Waals surface area contributed by atoms with E-state index in [0.29, 0.717) is 0 Å². The van der Waals surface area contributed by atoms with E-state index in [0.717, 1.165) is 12.3 Å². The number of nitrogens with zero attached hydrogens (tertiary/aromatic N) is 2. The van der Waals surface area contributed by atoms with Gasteiger partial charge in [0, 0.05) is 0 Å². The van der Waals surface area contributed by atoms with Gasteiger partial charge in [0.15, 0.2) is 7.85 Å². The molecule has 1 aromatic rings. The van der Waals surface area contributed by atoms with Crippen molar-refractivity contribution in [2.45, 2.75) is 0 Å².